The molecule has 2 amide bonds. The molecule has 0 bridgehead atoms. The zero-order valence-corrected chi connectivity index (χ0v) is 22.0. The van der Waals surface area contributed by atoms with Gasteiger partial charge in [0.05, 0.1) is 6.04 Å². The maximum absolute atomic E-state index is 14.2. The van der Waals surface area contributed by atoms with Crippen LogP contribution in [0.4, 0.5) is 14.9 Å². The summed E-state index contributed by atoms with van der Waals surface area (Å²) in [7, 11) is 0. The van der Waals surface area contributed by atoms with E-state index < -0.39 is 5.54 Å². The zero-order chi connectivity index (χ0) is 23.3. The first kappa shape index (κ1) is 24.6. The first-order chi connectivity index (χ1) is 16.0. The molecular weight excluding hydrogens is 550 g/mol. The second-order valence-electron chi connectivity index (χ2n) is 9.09. The van der Waals surface area contributed by atoms with Gasteiger partial charge < -0.3 is 5.32 Å². The fourth-order valence-corrected chi connectivity index (χ4v) is 6.40. The van der Waals surface area contributed by atoms with Gasteiger partial charge in [0.1, 0.15) is 17.2 Å². The van der Waals surface area contributed by atoms with Crippen LogP contribution in [0, 0.1) is 5.82 Å². The Balaban J connectivity index is 1.67. The molecule has 8 heteroatoms. The number of amides is 2. The average Bonchev–Trinajstić information content (AvgIpc) is 3.38. The summed E-state index contributed by atoms with van der Waals surface area (Å²) in [5.74, 6) is 0.412. The first-order valence-corrected chi connectivity index (χ1v) is 14.0. The lowest BCUT2D eigenvalue weighted by molar-refractivity contribution is 0.250. The van der Waals surface area contributed by atoms with Crippen LogP contribution in [0.3, 0.4) is 0 Å². The van der Waals surface area contributed by atoms with Crippen molar-refractivity contribution >= 4 is 51.5 Å². The van der Waals surface area contributed by atoms with Crippen LogP contribution in [0.1, 0.15) is 57.4 Å². The Morgan fingerprint density at radius 2 is 2.15 bits per heavy atom. The second kappa shape index (κ2) is 11.3. The molecule has 0 radical (unpaired) electrons. The number of urea groups is 1. The number of amidine groups is 1. The molecule has 4 rings (SSSR count). The monoisotopic (exact) mass is 582 g/mol. The van der Waals surface area contributed by atoms with Gasteiger partial charge in [0.25, 0.3) is 0 Å². The average molecular weight is 583 g/mol. The standard InChI is InChI=1S/C25H32FIN4OS/c1-18(27)15-25(11-12-28-16-19-10-13-33-17-19)23(29-21-7-3-2-4-8-21)30-24(32)31(25)22-9-5-6-20(26)14-22/h5-6,9-10,13-14,17-18,21,28H,2-4,7-8,11-12,15-16H2,1H3,(H,29,30,32)/t18-,25+/m0/s1. The van der Waals surface area contributed by atoms with Gasteiger partial charge in [-0.05, 0) is 72.8 Å². The minimum Gasteiger partial charge on any atom is -0.313 e. The highest BCUT2D eigenvalue weighted by molar-refractivity contribution is 14.1. The van der Waals surface area contributed by atoms with Gasteiger partial charge in [-0.25, -0.2) is 9.18 Å². The molecule has 2 heterocycles. The van der Waals surface area contributed by atoms with Crippen molar-refractivity contribution in [2.45, 2.75) is 73.9 Å². The maximum atomic E-state index is 14.2. The van der Waals surface area contributed by atoms with E-state index in [-0.39, 0.29) is 17.9 Å². The van der Waals surface area contributed by atoms with Crippen molar-refractivity contribution in [1.29, 1.82) is 0 Å². The number of halogens is 2. The third kappa shape index (κ3) is 5.95. The van der Waals surface area contributed by atoms with Crippen LogP contribution < -0.4 is 15.5 Å². The molecule has 1 aliphatic carbocycles. The minimum atomic E-state index is -0.634. The number of hydrogen-bond acceptors (Lipinski definition) is 4. The lowest BCUT2D eigenvalue weighted by atomic mass is 9.86. The molecule has 2 aliphatic rings. The molecule has 1 aliphatic heterocycles. The number of carbonyl (C=O) groups is 1. The van der Waals surface area contributed by atoms with Crippen LogP contribution in [-0.2, 0) is 6.54 Å². The van der Waals surface area contributed by atoms with Crippen LogP contribution in [-0.4, -0.2) is 33.9 Å². The van der Waals surface area contributed by atoms with E-state index >= 15 is 0 Å². The van der Waals surface area contributed by atoms with Crippen molar-refractivity contribution in [2.24, 2.45) is 4.99 Å². The summed E-state index contributed by atoms with van der Waals surface area (Å²) in [6.07, 6.45) is 7.18. The number of anilines is 1. The lowest BCUT2D eigenvalue weighted by Crippen LogP contribution is -2.53. The normalized spacial score (nSPS) is 23.8. The molecular formula is C25H32FIN4OS. The Morgan fingerprint density at radius 3 is 2.85 bits per heavy atom. The summed E-state index contributed by atoms with van der Waals surface area (Å²) in [4.78, 5) is 20.2. The molecule has 2 N–H and O–H groups in total. The Morgan fingerprint density at radius 1 is 1.33 bits per heavy atom. The largest absolute Gasteiger partial charge is 0.328 e. The van der Waals surface area contributed by atoms with E-state index in [1.54, 1.807) is 22.3 Å². The van der Waals surface area contributed by atoms with Gasteiger partial charge in [0.15, 0.2) is 0 Å². The number of rotatable bonds is 9. The Labute approximate surface area is 213 Å². The van der Waals surface area contributed by atoms with E-state index in [1.807, 2.05) is 6.07 Å². The summed E-state index contributed by atoms with van der Waals surface area (Å²) in [5, 5.41) is 10.9. The number of aliphatic imine (C=N–C) groups is 1. The number of alkyl halides is 1. The second-order valence-corrected chi connectivity index (χ2v) is 12.0. The molecule has 2 fully saturated rings. The Kier molecular flexibility index (Phi) is 8.40. The highest BCUT2D eigenvalue weighted by atomic mass is 127. The van der Waals surface area contributed by atoms with Crippen molar-refractivity contribution < 1.29 is 9.18 Å². The van der Waals surface area contributed by atoms with Crippen molar-refractivity contribution in [3.05, 3.63) is 52.5 Å². The maximum Gasteiger partial charge on any atom is 0.328 e. The molecule has 1 saturated heterocycles. The number of thiophene rings is 1. The smallest absolute Gasteiger partial charge is 0.313 e. The third-order valence-electron chi connectivity index (χ3n) is 6.49. The van der Waals surface area contributed by atoms with Gasteiger partial charge in [-0.15, -0.1) is 0 Å². The summed E-state index contributed by atoms with van der Waals surface area (Å²) in [6, 6.07) is 8.50. The first-order valence-electron chi connectivity index (χ1n) is 11.8. The van der Waals surface area contributed by atoms with Crippen molar-refractivity contribution in [2.75, 3.05) is 11.4 Å². The molecule has 2 aromatic rings. The minimum absolute atomic E-state index is 0.218. The van der Waals surface area contributed by atoms with Gasteiger partial charge in [-0.3, -0.25) is 15.2 Å². The van der Waals surface area contributed by atoms with Gasteiger partial charge in [-0.1, -0.05) is 54.8 Å². The number of benzene rings is 1. The summed E-state index contributed by atoms with van der Waals surface area (Å²) in [6.45, 7) is 3.67. The van der Waals surface area contributed by atoms with E-state index in [1.165, 1.54) is 37.0 Å². The highest BCUT2D eigenvalue weighted by Gasteiger charge is 2.52. The molecule has 5 nitrogen and oxygen atoms in total. The lowest BCUT2D eigenvalue weighted by Gasteiger charge is -2.39. The summed E-state index contributed by atoms with van der Waals surface area (Å²) < 4.78 is 14.5. The quantitative estimate of drug-likeness (QED) is 0.208. The molecule has 1 aromatic heterocycles. The molecule has 1 saturated carbocycles. The van der Waals surface area contributed by atoms with Gasteiger partial charge >= 0.3 is 6.03 Å². The fraction of sp³-hybridized carbons (Fsp3) is 0.520. The van der Waals surface area contributed by atoms with E-state index in [2.05, 4.69) is 57.0 Å². The van der Waals surface area contributed by atoms with Crippen molar-refractivity contribution in [3.8, 4) is 0 Å². The number of carbonyl (C=O) groups excluding carboxylic acids is 1. The number of nitrogens with one attached hydrogen (secondary N) is 2. The third-order valence-corrected chi connectivity index (χ3v) is 7.67. The zero-order valence-electron chi connectivity index (χ0n) is 19.0. The Hall–Kier alpha value is -1.52. The summed E-state index contributed by atoms with van der Waals surface area (Å²) in [5.41, 5.74) is 1.20. The van der Waals surface area contributed by atoms with Crippen molar-refractivity contribution in [3.63, 3.8) is 0 Å². The number of nitrogens with zero attached hydrogens (tertiary/aromatic N) is 2. The van der Waals surface area contributed by atoms with E-state index in [4.69, 9.17) is 4.99 Å². The fourth-order valence-electron chi connectivity index (χ4n) is 5.01. The SMILES string of the molecule is C[C@H](I)C[C@]1(CCNCc2ccsc2)C(=NC2CCCCC2)NC(=O)N1c1cccc(F)c1. The van der Waals surface area contributed by atoms with E-state index in [9.17, 15) is 9.18 Å². The van der Waals surface area contributed by atoms with Crippen LogP contribution in [0.25, 0.3) is 0 Å². The van der Waals surface area contributed by atoms with Gasteiger partial charge in [0, 0.05) is 16.2 Å². The number of hydrogen-bond donors (Lipinski definition) is 2. The predicted molar refractivity (Wildman–Crippen MR) is 143 cm³/mol. The molecule has 0 unspecified atom stereocenters. The Bertz CT molecular complexity index is 961. The van der Waals surface area contributed by atoms with Gasteiger partial charge in [0.2, 0.25) is 0 Å². The predicted octanol–water partition coefficient (Wildman–Crippen LogP) is 6.28. The summed E-state index contributed by atoms with van der Waals surface area (Å²) >= 11 is 4.11. The molecule has 2 atom stereocenters. The van der Waals surface area contributed by atoms with E-state index in [0.717, 1.165) is 38.2 Å². The van der Waals surface area contributed by atoms with Crippen LogP contribution in [0.2, 0.25) is 0 Å². The molecule has 1 aromatic carbocycles. The van der Waals surface area contributed by atoms with Crippen LogP contribution >= 0.6 is 33.9 Å². The molecule has 178 valence electrons. The van der Waals surface area contributed by atoms with E-state index in [0.29, 0.717) is 16.0 Å². The highest BCUT2D eigenvalue weighted by Crippen LogP contribution is 2.38. The molecule has 0 spiro atoms. The topological polar surface area (TPSA) is 56.7 Å². The van der Waals surface area contributed by atoms with Crippen LogP contribution in [0.15, 0.2) is 46.1 Å². The van der Waals surface area contributed by atoms with Crippen molar-refractivity contribution in [1.82, 2.24) is 10.6 Å². The van der Waals surface area contributed by atoms with Gasteiger partial charge in [-0.2, -0.15) is 11.3 Å². The molecule has 33 heavy (non-hydrogen) atoms. The van der Waals surface area contributed by atoms with Crippen LogP contribution in [0.5, 0.6) is 0 Å².